The molecular weight excluding hydrogens is 318 g/mol. The molecule has 0 spiro atoms. The molecule has 0 saturated carbocycles. The first-order valence-corrected chi connectivity index (χ1v) is 7.59. The maximum Gasteiger partial charge on any atom is 0.326 e. The SMILES string of the molecule is CC(C)C[C@H](NC(=O)c1cnn(-c2ccc(Cl)cc2)c1)C(=O)O. The Labute approximate surface area is 139 Å². The van der Waals surface area contributed by atoms with E-state index < -0.39 is 17.9 Å². The number of benzene rings is 1. The van der Waals surface area contributed by atoms with Crippen LogP contribution in [0.1, 0.15) is 30.6 Å². The Morgan fingerprint density at radius 3 is 2.52 bits per heavy atom. The Bertz CT molecular complexity index is 695. The molecule has 0 aliphatic heterocycles. The first-order chi connectivity index (χ1) is 10.9. The van der Waals surface area contributed by atoms with Gasteiger partial charge >= 0.3 is 5.97 Å². The zero-order chi connectivity index (χ0) is 17.0. The van der Waals surface area contributed by atoms with Crippen molar-refractivity contribution in [1.82, 2.24) is 15.1 Å². The van der Waals surface area contributed by atoms with Gasteiger partial charge in [-0.3, -0.25) is 4.79 Å². The lowest BCUT2D eigenvalue weighted by Gasteiger charge is -2.15. The molecule has 1 amide bonds. The van der Waals surface area contributed by atoms with Gasteiger partial charge in [-0.25, -0.2) is 9.48 Å². The number of rotatable bonds is 6. The van der Waals surface area contributed by atoms with E-state index in [4.69, 9.17) is 11.6 Å². The largest absolute Gasteiger partial charge is 0.480 e. The monoisotopic (exact) mass is 335 g/mol. The molecule has 1 aromatic heterocycles. The van der Waals surface area contributed by atoms with Gasteiger partial charge < -0.3 is 10.4 Å². The first kappa shape index (κ1) is 17.0. The van der Waals surface area contributed by atoms with Gasteiger partial charge in [-0.2, -0.15) is 5.10 Å². The van der Waals surface area contributed by atoms with E-state index in [9.17, 15) is 14.7 Å². The van der Waals surface area contributed by atoms with Crippen LogP contribution in [0.25, 0.3) is 5.69 Å². The first-order valence-electron chi connectivity index (χ1n) is 7.21. The molecule has 0 saturated heterocycles. The van der Waals surface area contributed by atoms with Crippen LogP contribution in [0.2, 0.25) is 5.02 Å². The third-order valence-electron chi connectivity index (χ3n) is 3.25. The summed E-state index contributed by atoms with van der Waals surface area (Å²) in [4.78, 5) is 23.4. The molecule has 0 unspecified atom stereocenters. The normalized spacial score (nSPS) is 12.2. The second-order valence-corrected chi connectivity index (χ2v) is 6.08. The van der Waals surface area contributed by atoms with E-state index in [2.05, 4.69) is 10.4 Å². The number of carboxylic acids is 1. The third-order valence-corrected chi connectivity index (χ3v) is 3.50. The van der Waals surface area contributed by atoms with Gasteiger partial charge in [0.05, 0.1) is 17.4 Å². The van der Waals surface area contributed by atoms with E-state index in [1.807, 2.05) is 13.8 Å². The molecule has 6 nitrogen and oxygen atoms in total. The molecule has 1 heterocycles. The predicted octanol–water partition coefficient (Wildman–Crippen LogP) is 2.75. The lowest BCUT2D eigenvalue weighted by atomic mass is 10.0. The minimum atomic E-state index is -1.04. The molecular formula is C16H18ClN3O3. The van der Waals surface area contributed by atoms with Crippen LogP contribution in [0.4, 0.5) is 0 Å². The highest BCUT2D eigenvalue weighted by Crippen LogP contribution is 2.14. The Balaban J connectivity index is 2.11. The summed E-state index contributed by atoms with van der Waals surface area (Å²) in [5, 5.41) is 16.4. The molecule has 7 heteroatoms. The van der Waals surface area contributed by atoms with Gasteiger partial charge in [-0.15, -0.1) is 0 Å². The highest BCUT2D eigenvalue weighted by molar-refractivity contribution is 6.30. The number of hydrogen-bond donors (Lipinski definition) is 2. The smallest absolute Gasteiger partial charge is 0.326 e. The van der Waals surface area contributed by atoms with Crippen molar-refractivity contribution < 1.29 is 14.7 Å². The van der Waals surface area contributed by atoms with Crippen LogP contribution in [-0.2, 0) is 4.79 Å². The summed E-state index contributed by atoms with van der Waals surface area (Å²) in [5.74, 6) is -1.34. The fourth-order valence-electron chi connectivity index (χ4n) is 2.11. The molecule has 0 fully saturated rings. The number of halogens is 1. The zero-order valence-electron chi connectivity index (χ0n) is 12.9. The van der Waals surface area contributed by atoms with Gasteiger partial charge in [0.15, 0.2) is 0 Å². The molecule has 23 heavy (non-hydrogen) atoms. The minimum Gasteiger partial charge on any atom is -0.480 e. The Kier molecular flexibility index (Phi) is 5.39. The standard InChI is InChI=1S/C16H18ClN3O3/c1-10(2)7-14(16(22)23)19-15(21)11-8-18-20(9-11)13-5-3-12(17)4-6-13/h3-6,8-10,14H,7H2,1-2H3,(H,19,21)(H,22,23)/t14-/m0/s1. The summed E-state index contributed by atoms with van der Waals surface area (Å²) in [6.45, 7) is 3.81. The van der Waals surface area contributed by atoms with Crippen LogP contribution in [0, 0.1) is 5.92 Å². The third kappa shape index (κ3) is 4.56. The van der Waals surface area contributed by atoms with E-state index in [1.54, 1.807) is 30.5 Å². The van der Waals surface area contributed by atoms with Crippen molar-refractivity contribution in [2.75, 3.05) is 0 Å². The van der Waals surface area contributed by atoms with Crippen LogP contribution in [0.15, 0.2) is 36.7 Å². The van der Waals surface area contributed by atoms with E-state index >= 15 is 0 Å². The van der Waals surface area contributed by atoms with Crippen molar-refractivity contribution in [3.63, 3.8) is 0 Å². The molecule has 0 aliphatic rings. The van der Waals surface area contributed by atoms with Crippen molar-refractivity contribution >= 4 is 23.5 Å². The fraction of sp³-hybridized carbons (Fsp3) is 0.312. The Morgan fingerprint density at radius 1 is 1.30 bits per heavy atom. The molecule has 2 rings (SSSR count). The van der Waals surface area contributed by atoms with Gasteiger partial charge in [0.1, 0.15) is 6.04 Å². The molecule has 2 aromatic rings. The number of nitrogens with zero attached hydrogens (tertiary/aromatic N) is 2. The zero-order valence-corrected chi connectivity index (χ0v) is 13.6. The molecule has 2 N–H and O–H groups in total. The number of amides is 1. The highest BCUT2D eigenvalue weighted by Gasteiger charge is 2.22. The summed E-state index contributed by atoms with van der Waals surface area (Å²) >= 11 is 5.83. The maximum absolute atomic E-state index is 12.2. The molecule has 0 bridgehead atoms. The summed E-state index contributed by atoms with van der Waals surface area (Å²) in [7, 11) is 0. The van der Waals surface area contributed by atoms with Crippen molar-refractivity contribution in [2.45, 2.75) is 26.3 Å². The van der Waals surface area contributed by atoms with Gasteiger partial charge in [-0.05, 0) is 36.6 Å². The van der Waals surface area contributed by atoms with Crippen LogP contribution in [0.5, 0.6) is 0 Å². The van der Waals surface area contributed by atoms with Gasteiger partial charge in [0.2, 0.25) is 0 Å². The predicted molar refractivity (Wildman–Crippen MR) is 86.9 cm³/mol. The molecule has 1 aromatic carbocycles. The van der Waals surface area contributed by atoms with Crippen LogP contribution < -0.4 is 5.32 Å². The number of hydrogen-bond acceptors (Lipinski definition) is 3. The van der Waals surface area contributed by atoms with Crippen LogP contribution in [-0.4, -0.2) is 32.8 Å². The second kappa shape index (κ2) is 7.28. The van der Waals surface area contributed by atoms with Crippen molar-refractivity contribution in [1.29, 1.82) is 0 Å². The Morgan fingerprint density at radius 2 is 1.96 bits per heavy atom. The second-order valence-electron chi connectivity index (χ2n) is 5.64. The van der Waals surface area contributed by atoms with Crippen molar-refractivity contribution in [2.24, 2.45) is 5.92 Å². The summed E-state index contributed by atoms with van der Waals surface area (Å²) in [5.41, 5.74) is 1.06. The van der Waals surface area contributed by atoms with Crippen molar-refractivity contribution in [3.8, 4) is 5.69 Å². The number of nitrogens with one attached hydrogen (secondary N) is 1. The number of carbonyl (C=O) groups excluding carboxylic acids is 1. The van der Waals surface area contributed by atoms with Crippen LogP contribution >= 0.6 is 11.6 Å². The van der Waals surface area contributed by atoms with Crippen LogP contribution in [0.3, 0.4) is 0 Å². The van der Waals surface area contributed by atoms with E-state index in [-0.39, 0.29) is 5.92 Å². The number of aliphatic carboxylic acids is 1. The molecule has 1 atom stereocenters. The fourth-order valence-corrected chi connectivity index (χ4v) is 2.24. The van der Waals surface area contributed by atoms with Gasteiger partial charge in [-0.1, -0.05) is 25.4 Å². The van der Waals surface area contributed by atoms with Gasteiger partial charge in [0.25, 0.3) is 5.91 Å². The molecule has 0 radical (unpaired) electrons. The van der Waals surface area contributed by atoms with E-state index in [1.165, 1.54) is 10.9 Å². The summed E-state index contributed by atoms with van der Waals surface area (Å²) in [6, 6.07) is 6.08. The number of carbonyl (C=O) groups is 2. The molecule has 122 valence electrons. The average molecular weight is 336 g/mol. The lowest BCUT2D eigenvalue weighted by Crippen LogP contribution is -2.41. The quantitative estimate of drug-likeness (QED) is 0.850. The number of carboxylic acid groups (broad SMARTS) is 1. The maximum atomic E-state index is 12.2. The highest BCUT2D eigenvalue weighted by atomic mass is 35.5. The average Bonchev–Trinajstić information content (AvgIpc) is 2.96. The summed E-state index contributed by atoms with van der Waals surface area (Å²) < 4.78 is 1.53. The van der Waals surface area contributed by atoms with Gasteiger partial charge in [0, 0.05) is 11.2 Å². The van der Waals surface area contributed by atoms with E-state index in [0.717, 1.165) is 5.69 Å². The van der Waals surface area contributed by atoms with E-state index in [0.29, 0.717) is 17.0 Å². The Hall–Kier alpha value is -2.34. The number of aromatic nitrogens is 2. The summed E-state index contributed by atoms with van der Waals surface area (Å²) in [6.07, 6.45) is 3.32. The van der Waals surface area contributed by atoms with Crippen molar-refractivity contribution in [3.05, 3.63) is 47.2 Å². The topological polar surface area (TPSA) is 84.2 Å². The molecule has 0 aliphatic carbocycles. The lowest BCUT2D eigenvalue weighted by molar-refractivity contribution is -0.139. The minimum absolute atomic E-state index is 0.160.